The van der Waals surface area contributed by atoms with Crippen molar-refractivity contribution in [2.45, 2.75) is 10.8 Å². The van der Waals surface area contributed by atoms with E-state index in [1.54, 1.807) is 320 Å². The standard InChI is InChI=1S/C69H19NO3/c1-71-4-5-73-7-6-72-3-2-70-8-68-64-56-48-38-28-20-12-10-11-14-18-16(12)24-32-26(18)36-30-22(14)23-15(11)19-17-13(10)21(20)29-35-25(17)33-27(19)37-31(23)41-40(30)50-44(36)54-46(32)52(42(48)34(24)28)60(64)62(54)66-58(50)59-51(41)45(37)55-47(33)53-43(35)49(39(29)38)57(56)65(68)61(53)63(55)67(59)69(66,68)9-70/h2-9H2,1H3. The van der Waals surface area contributed by atoms with Crippen LogP contribution in [0.1, 0.15) is 22.3 Å². The molecule has 28 aromatic carbocycles. The second kappa shape index (κ2) is 6.97. The van der Waals surface area contributed by atoms with Gasteiger partial charge in [-0.1, -0.05) is 0 Å². The van der Waals surface area contributed by atoms with Crippen LogP contribution in [0.2, 0.25) is 0 Å². The van der Waals surface area contributed by atoms with E-state index in [2.05, 4.69) is 4.90 Å². The predicted octanol–water partition coefficient (Wildman–Crippen LogP) is 16.3. The lowest BCUT2D eigenvalue weighted by atomic mass is 9.50. The summed E-state index contributed by atoms with van der Waals surface area (Å²) in [5.41, 5.74) is 6.69. The molecule has 0 N–H and O–H groups in total. The maximum absolute atomic E-state index is 6.58. The first kappa shape index (κ1) is 29.1. The largest absolute Gasteiger partial charge is 0.382 e. The van der Waals surface area contributed by atoms with Crippen LogP contribution in [0.4, 0.5) is 0 Å². The van der Waals surface area contributed by atoms with E-state index in [4.69, 9.17) is 14.2 Å². The highest BCUT2D eigenvalue weighted by Gasteiger charge is 2.72. The SMILES string of the molecule is COCCOCCOCCN1CC23c4c5c6c7c8c9c(c%10c%11c2c2c4c4c%12c5c5c6c6c8c8c%13c9c9c%10c%10c%11c%11c2c2c4c4c%12c%12c5c5c6c8c6c8c%13c9c9c%10c%10c%11c2c2c4c4c%12c5c6c5c8c9c%10c2c45)C73C1. The Hall–Kier alpha value is -7.70. The maximum Gasteiger partial charge on any atom is 0.0701 e. The first-order valence-corrected chi connectivity index (χ1v) is 27.5. The second-order valence-corrected chi connectivity index (χ2v) is 26.5. The van der Waals surface area contributed by atoms with E-state index in [9.17, 15) is 0 Å². The van der Waals surface area contributed by atoms with Crippen molar-refractivity contribution in [2.75, 3.05) is 59.8 Å². The Morgan fingerprint density at radius 3 is 0.589 bits per heavy atom. The molecule has 5 aliphatic rings. The van der Waals surface area contributed by atoms with Gasteiger partial charge in [0, 0.05) is 26.7 Å². The summed E-state index contributed by atoms with van der Waals surface area (Å²) in [7, 11) is 1.75. The molecule has 28 aromatic rings. The quantitative estimate of drug-likeness (QED) is 0.107. The van der Waals surface area contributed by atoms with Crippen molar-refractivity contribution in [1.29, 1.82) is 0 Å². The lowest BCUT2D eigenvalue weighted by molar-refractivity contribution is 0.0204. The first-order valence-electron chi connectivity index (χ1n) is 27.5. The Bertz CT molecular complexity index is 6580. The first-order chi connectivity index (χ1) is 36.4. The number of nitrogens with zero attached hydrogens (tertiary/aromatic N) is 1. The van der Waals surface area contributed by atoms with Gasteiger partial charge in [-0.15, -0.1) is 0 Å². The minimum absolute atomic E-state index is 0.207. The summed E-state index contributed by atoms with van der Waals surface area (Å²) in [6, 6.07) is 0. The van der Waals surface area contributed by atoms with E-state index in [0.29, 0.717) is 26.4 Å². The number of likely N-dealkylation sites (tertiary alicyclic amines) is 1. The molecule has 1 heterocycles. The van der Waals surface area contributed by atoms with Gasteiger partial charge in [0.2, 0.25) is 0 Å². The van der Waals surface area contributed by atoms with Crippen LogP contribution in [0.15, 0.2) is 0 Å². The Kier molecular flexibility index (Phi) is 2.78. The third-order valence-electron chi connectivity index (χ3n) is 26.0. The molecule has 4 nitrogen and oxygen atoms in total. The molecule has 0 bridgehead atoms. The molecule has 318 valence electrons. The summed E-state index contributed by atoms with van der Waals surface area (Å²) < 4.78 is 17.8. The van der Waals surface area contributed by atoms with Gasteiger partial charge in [0.1, 0.15) is 0 Å². The Balaban J connectivity index is 1.01. The molecule has 0 saturated carbocycles. The van der Waals surface area contributed by atoms with Crippen LogP contribution in [0, 0.1) is 0 Å². The second-order valence-electron chi connectivity index (χ2n) is 26.5. The summed E-state index contributed by atoms with van der Waals surface area (Å²) in [5, 5.41) is 90.3. The number of hydrogen-bond donors (Lipinski definition) is 0. The topological polar surface area (TPSA) is 30.9 Å². The smallest absolute Gasteiger partial charge is 0.0701 e. The van der Waals surface area contributed by atoms with Crippen LogP contribution in [0.25, 0.3) is 291 Å². The summed E-state index contributed by atoms with van der Waals surface area (Å²) in [6.45, 7) is 6.23. The minimum Gasteiger partial charge on any atom is -0.382 e. The Morgan fingerprint density at radius 2 is 0.397 bits per heavy atom. The molecule has 1 aliphatic heterocycles. The molecule has 4 aliphatic carbocycles. The average molecular weight is 910 g/mol. The van der Waals surface area contributed by atoms with E-state index < -0.39 is 0 Å². The molecular formula is C69H19NO3. The highest BCUT2D eigenvalue weighted by atomic mass is 16.5. The van der Waals surface area contributed by atoms with E-state index >= 15 is 0 Å². The van der Waals surface area contributed by atoms with E-state index in [1.165, 1.54) is 0 Å². The Labute approximate surface area is 400 Å². The lowest BCUT2D eigenvalue weighted by Crippen LogP contribution is -2.51. The van der Waals surface area contributed by atoms with Crippen LogP contribution < -0.4 is 0 Å². The van der Waals surface area contributed by atoms with Gasteiger partial charge in [0.05, 0.1) is 43.9 Å². The van der Waals surface area contributed by atoms with Crippen molar-refractivity contribution in [3.05, 3.63) is 22.3 Å². The zero-order valence-electron chi connectivity index (χ0n) is 38.3. The van der Waals surface area contributed by atoms with Gasteiger partial charge < -0.3 is 14.2 Å². The van der Waals surface area contributed by atoms with Gasteiger partial charge in [0.25, 0.3) is 0 Å². The molecular weight excluding hydrogens is 891 g/mol. The van der Waals surface area contributed by atoms with Crippen LogP contribution in [0.3, 0.4) is 0 Å². The molecule has 0 aromatic heterocycles. The highest BCUT2D eigenvalue weighted by molar-refractivity contribution is 6.82. The highest BCUT2D eigenvalue weighted by Crippen LogP contribution is 2.85. The van der Waals surface area contributed by atoms with Crippen LogP contribution in [-0.4, -0.2) is 64.7 Å². The number of methoxy groups -OCH3 is 1. The predicted molar refractivity (Wildman–Crippen MR) is 304 cm³/mol. The normalized spacial score (nSPS) is 22.5. The van der Waals surface area contributed by atoms with Crippen molar-refractivity contribution in [1.82, 2.24) is 4.90 Å². The molecule has 73 heavy (non-hydrogen) atoms. The zero-order valence-corrected chi connectivity index (χ0v) is 38.3. The van der Waals surface area contributed by atoms with Crippen LogP contribution in [0.5, 0.6) is 0 Å². The summed E-state index contributed by atoms with van der Waals surface area (Å²) >= 11 is 0. The summed E-state index contributed by atoms with van der Waals surface area (Å²) in [6.07, 6.45) is 0. The zero-order chi connectivity index (χ0) is 43.8. The van der Waals surface area contributed by atoms with Crippen molar-refractivity contribution < 1.29 is 14.2 Å². The van der Waals surface area contributed by atoms with E-state index in [-0.39, 0.29) is 10.8 Å². The minimum atomic E-state index is -0.207. The molecule has 0 unspecified atom stereocenters. The van der Waals surface area contributed by atoms with Crippen molar-refractivity contribution in [3.63, 3.8) is 0 Å². The number of rotatable bonds is 9. The molecule has 0 radical (unpaired) electrons. The third kappa shape index (κ3) is 1.68. The fourth-order valence-electron chi connectivity index (χ4n) is 25.7. The number of benzene rings is 18. The lowest BCUT2D eigenvalue weighted by Gasteiger charge is -2.49. The summed E-state index contributed by atoms with van der Waals surface area (Å²) in [4.78, 5) is 2.96. The van der Waals surface area contributed by atoms with E-state index in [1.807, 2.05) is 0 Å². The van der Waals surface area contributed by atoms with Gasteiger partial charge in [0.15, 0.2) is 0 Å². The van der Waals surface area contributed by atoms with Crippen molar-refractivity contribution in [3.8, 4) is 0 Å². The Morgan fingerprint density at radius 1 is 0.233 bits per heavy atom. The van der Waals surface area contributed by atoms with Gasteiger partial charge >= 0.3 is 0 Å². The fourth-order valence-corrected chi connectivity index (χ4v) is 25.7. The molecule has 1 fully saturated rings. The monoisotopic (exact) mass is 909 g/mol. The van der Waals surface area contributed by atoms with Gasteiger partial charge in [-0.05, 0) is 313 Å². The van der Waals surface area contributed by atoms with Crippen LogP contribution in [-0.2, 0) is 25.0 Å². The van der Waals surface area contributed by atoms with Gasteiger partial charge in [-0.2, -0.15) is 0 Å². The molecule has 2 spiro atoms. The van der Waals surface area contributed by atoms with Crippen LogP contribution >= 0.6 is 0 Å². The molecule has 0 amide bonds. The molecule has 1 saturated heterocycles. The van der Waals surface area contributed by atoms with E-state index in [0.717, 1.165) is 26.2 Å². The molecule has 33 rings (SSSR count). The van der Waals surface area contributed by atoms with Crippen molar-refractivity contribution >= 4 is 291 Å². The van der Waals surface area contributed by atoms with Crippen molar-refractivity contribution in [2.24, 2.45) is 0 Å². The summed E-state index contributed by atoms with van der Waals surface area (Å²) in [5.74, 6) is 0. The fraction of sp³-hybridized carbons (Fsp3) is 0.159. The van der Waals surface area contributed by atoms with Gasteiger partial charge in [-0.3, -0.25) is 4.90 Å². The maximum atomic E-state index is 6.58. The third-order valence-corrected chi connectivity index (χ3v) is 26.0. The average Bonchev–Trinajstić information content (AvgIpc) is 3.68. The molecule has 0 atom stereocenters. The van der Waals surface area contributed by atoms with Gasteiger partial charge in [-0.25, -0.2) is 0 Å². The number of hydrogen-bond acceptors (Lipinski definition) is 4. The number of ether oxygens (including phenoxy) is 3. The molecule has 4 heteroatoms.